The van der Waals surface area contributed by atoms with E-state index in [1.54, 1.807) is 0 Å². The van der Waals surface area contributed by atoms with Gasteiger partial charge in [0.1, 0.15) is 5.69 Å². The van der Waals surface area contributed by atoms with Crippen LogP contribution in [0.15, 0.2) is 51.6 Å². The highest BCUT2D eigenvalue weighted by Gasteiger charge is 2.10. The van der Waals surface area contributed by atoms with Gasteiger partial charge in [-0.25, -0.2) is 4.98 Å². The molecule has 0 aliphatic heterocycles. The molecule has 2 aromatic carbocycles. The minimum absolute atomic E-state index is 0.667. The number of fused-ring (bicyclic) bond motifs is 1. The van der Waals surface area contributed by atoms with Crippen LogP contribution in [0.5, 0.6) is 0 Å². The maximum absolute atomic E-state index is 5.39. The van der Waals surface area contributed by atoms with Crippen LogP contribution >= 0.6 is 15.9 Å². The zero-order valence-corrected chi connectivity index (χ0v) is 10.9. The van der Waals surface area contributed by atoms with E-state index < -0.39 is 0 Å². The van der Waals surface area contributed by atoms with E-state index >= 15 is 0 Å². The zero-order valence-electron chi connectivity index (χ0n) is 9.27. The molecule has 0 saturated heterocycles. The molecule has 2 nitrogen and oxygen atoms in total. The first-order valence-electron chi connectivity index (χ1n) is 5.36. The SMILES string of the molecule is Cc1nc(-c2ccc3ccccc3c2)c(Br)o1. The molecule has 0 amide bonds. The van der Waals surface area contributed by atoms with Crippen molar-refractivity contribution in [1.29, 1.82) is 0 Å². The number of hydrogen-bond donors (Lipinski definition) is 0. The van der Waals surface area contributed by atoms with Crippen LogP contribution in [0.2, 0.25) is 0 Å². The first-order valence-corrected chi connectivity index (χ1v) is 6.15. The summed E-state index contributed by atoms with van der Waals surface area (Å²) in [4.78, 5) is 4.37. The summed E-state index contributed by atoms with van der Waals surface area (Å²) in [7, 11) is 0. The fourth-order valence-corrected chi connectivity index (χ4v) is 2.47. The Morgan fingerprint density at radius 3 is 2.53 bits per heavy atom. The summed E-state index contributed by atoms with van der Waals surface area (Å²) in [6.45, 7) is 1.84. The molecule has 0 aliphatic carbocycles. The predicted molar refractivity (Wildman–Crippen MR) is 71.9 cm³/mol. The smallest absolute Gasteiger partial charge is 0.197 e. The maximum atomic E-state index is 5.39. The van der Waals surface area contributed by atoms with Crippen LogP contribution in [0.25, 0.3) is 22.0 Å². The molecule has 0 unspecified atom stereocenters. The number of oxazole rings is 1. The zero-order chi connectivity index (χ0) is 11.8. The topological polar surface area (TPSA) is 26.0 Å². The van der Waals surface area contributed by atoms with Crippen molar-refractivity contribution < 1.29 is 4.42 Å². The molecule has 1 heterocycles. The number of aromatic nitrogens is 1. The van der Waals surface area contributed by atoms with Crippen molar-refractivity contribution in [3.8, 4) is 11.3 Å². The van der Waals surface area contributed by atoms with E-state index in [-0.39, 0.29) is 0 Å². The molecule has 0 saturated carbocycles. The molecule has 3 heteroatoms. The van der Waals surface area contributed by atoms with E-state index in [4.69, 9.17) is 4.42 Å². The van der Waals surface area contributed by atoms with Crippen LogP contribution in [0, 0.1) is 6.92 Å². The number of nitrogens with zero attached hydrogens (tertiary/aromatic N) is 1. The van der Waals surface area contributed by atoms with Gasteiger partial charge >= 0.3 is 0 Å². The van der Waals surface area contributed by atoms with Crippen molar-refractivity contribution in [2.45, 2.75) is 6.92 Å². The molecular weight excluding hydrogens is 278 g/mol. The molecule has 0 atom stereocenters. The molecule has 0 radical (unpaired) electrons. The first-order chi connectivity index (χ1) is 8.24. The molecule has 0 N–H and O–H groups in total. The molecule has 3 rings (SSSR count). The summed E-state index contributed by atoms with van der Waals surface area (Å²) < 4.78 is 6.07. The van der Waals surface area contributed by atoms with E-state index in [9.17, 15) is 0 Å². The van der Waals surface area contributed by atoms with Crippen molar-refractivity contribution >= 4 is 26.7 Å². The predicted octanol–water partition coefficient (Wildman–Crippen LogP) is 4.57. The van der Waals surface area contributed by atoms with Crippen LogP contribution in [0.1, 0.15) is 5.89 Å². The van der Waals surface area contributed by atoms with Crippen LogP contribution in [0.3, 0.4) is 0 Å². The van der Waals surface area contributed by atoms with E-state index in [1.807, 2.05) is 19.1 Å². The number of hydrogen-bond acceptors (Lipinski definition) is 2. The second-order valence-corrected chi connectivity index (χ2v) is 4.64. The average molecular weight is 288 g/mol. The van der Waals surface area contributed by atoms with Gasteiger partial charge in [0, 0.05) is 12.5 Å². The van der Waals surface area contributed by atoms with Crippen molar-refractivity contribution in [3.63, 3.8) is 0 Å². The van der Waals surface area contributed by atoms with Gasteiger partial charge in [-0.2, -0.15) is 0 Å². The van der Waals surface area contributed by atoms with Gasteiger partial charge in [0.25, 0.3) is 0 Å². The summed E-state index contributed by atoms with van der Waals surface area (Å²) >= 11 is 3.39. The molecule has 0 spiro atoms. The highest BCUT2D eigenvalue weighted by Crippen LogP contribution is 2.30. The van der Waals surface area contributed by atoms with Crippen LogP contribution in [-0.4, -0.2) is 4.98 Å². The average Bonchev–Trinajstić information content (AvgIpc) is 2.68. The van der Waals surface area contributed by atoms with Gasteiger partial charge in [-0.1, -0.05) is 36.4 Å². The van der Waals surface area contributed by atoms with E-state index in [2.05, 4.69) is 51.2 Å². The standard InChI is InChI=1S/C14H10BrNO/c1-9-16-13(14(15)17-9)12-7-6-10-4-2-3-5-11(10)8-12/h2-8H,1H3. The Bertz CT molecular complexity index is 688. The first kappa shape index (κ1) is 10.5. The van der Waals surface area contributed by atoms with E-state index in [0.717, 1.165) is 11.3 Å². The third kappa shape index (κ3) is 1.87. The lowest BCUT2D eigenvalue weighted by Crippen LogP contribution is -1.80. The molecule has 0 fully saturated rings. The summed E-state index contributed by atoms with van der Waals surface area (Å²) in [5.74, 6) is 0.667. The van der Waals surface area contributed by atoms with Crippen molar-refractivity contribution in [2.75, 3.05) is 0 Å². The highest BCUT2D eigenvalue weighted by molar-refractivity contribution is 9.10. The quantitative estimate of drug-likeness (QED) is 0.655. The molecular formula is C14H10BrNO. The van der Waals surface area contributed by atoms with Crippen LogP contribution in [0.4, 0.5) is 0 Å². The summed E-state index contributed by atoms with van der Waals surface area (Å²) in [5.41, 5.74) is 1.92. The van der Waals surface area contributed by atoms with Crippen molar-refractivity contribution in [2.24, 2.45) is 0 Å². The Labute approximate surface area is 107 Å². The van der Waals surface area contributed by atoms with Gasteiger partial charge in [0.2, 0.25) is 0 Å². The molecule has 0 bridgehead atoms. The van der Waals surface area contributed by atoms with Gasteiger partial charge in [0.05, 0.1) is 0 Å². The van der Waals surface area contributed by atoms with Crippen molar-refractivity contribution in [1.82, 2.24) is 4.98 Å². The van der Waals surface area contributed by atoms with Crippen LogP contribution < -0.4 is 0 Å². The number of rotatable bonds is 1. The molecule has 84 valence electrons. The largest absolute Gasteiger partial charge is 0.434 e. The Morgan fingerprint density at radius 2 is 1.82 bits per heavy atom. The summed E-state index contributed by atoms with van der Waals surface area (Å²) in [5, 5.41) is 2.44. The summed E-state index contributed by atoms with van der Waals surface area (Å²) in [6.07, 6.45) is 0. The van der Waals surface area contributed by atoms with Crippen LogP contribution in [-0.2, 0) is 0 Å². The lowest BCUT2D eigenvalue weighted by atomic mass is 10.1. The van der Waals surface area contributed by atoms with Gasteiger partial charge in [-0.05, 0) is 32.8 Å². The second kappa shape index (κ2) is 4.00. The maximum Gasteiger partial charge on any atom is 0.197 e. The third-order valence-corrected chi connectivity index (χ3v) is 3.25. The lowest BCUT2D eigenvalue weighted by Gasteiger charge is -2.00. The third-order valence-electron chi connectivity index (χ3n) is 2.72. The van der Waals surface area contributed by atoms with E-state index in [1.165, 1.54) is 10.8 Å². The summed E-state index contributed by atoms with van der Waals surface area (Å²) in [6, 6.07) is 14.6. The fourth-order valence-electron chi connectivity index (χ4n) is 1.92. The van der Waals surface area contributed by atoms with E-state index in [0.29, 0.717) is 10.6 Å². The molecule has 3 aromatic rings. The Morgan fingerprint density at radius 1 is 1.06 bits per heavy atom. The second-order valence-electron chi connectivity index (χ2n) is 3.92. The Hall–Kier alpha value is -1.61. The van der Waals surface area contributed by atoms with Gasteiger partial charge in [-0.3, -0.25) is 0 Å². The molecule has 17 heavy (non-hydrogen) atoms. The minimum atomic E-state index is 0.667. The fraction of sp³-hybridized carbons (Fsp3) is 0.0714. The number of halogens is 1. The molecule has 1 aromatic heterocycles. The van der Waals surface area contributed by atoms with Gasteiger partial charge in [-0.15, -0.1) is 0 Å². The molecule has 0 aliphatic rings. The van der Waals surface area contributed by atoms with Gasteiger partial charge in [0.15, 0.2) is 10.6 Å². The normalized spacial score (nSPS) is 10.9. The van der Waals surface area contributed by atoms with Gasteiger partial charge < -0.3 is 4.42 Å². The highest BCUT2D eigenvalue weighted by atomic mass is 79.9. The number of aryl methyl sites for hydroxylation is 1. The van der Waals surface area contributed by atoms with Crippen molar-refractivity contribution in [3.05, 3.63) is 53.0 Å². The minimum Gasteiger partial charge on any atom is -0.434 e. The Kier molecular flexibility index (Phi) is 2.48. The number of benzene rings is 2. The Balaban J connectivity index is 2.21. The lowest BCUT2D eigenvalue weighted by molar-refractivity contribution is 0.500. The monoisotopic (exact) mass is 287 g/mol.